The normalized spacial score (nSPS) is 10.6. The highest BCUT2D eigenvalue weighted by atomic mass is 79.9. The molecule has 1 amide bonds. The molecule has 0 radical (unpaired) electrons. The van der Waals surface area contributed by atoms with Gasteiger partial charge in [0.15, 0.2) is 10.7 Å². The van der Waals surface area contributed by atoms with Crippen molar-refractivity contribution in [2.24, 2.45) is 0 Å². The molecule has 0 saturated carbocycles. The Labute approximate surface area is 127 Å². The molecule has 19 heavy (non-hydrogen) atoms. The molecule has 1 N–H and O–H groups in total. The van der Waals surface area contributed by atoms with Crippen molar-refractivity contribution in [2.75, 3.05) is 5.32 Å². The van der Waals surface area contributed by atoms with Gasteiger partial charge in [0.2, 0.25) is 5.13 Å². The van der Waals surface area contributed by atoms with Crippen molar-refractivity contribution in [1.82, 2.24) is 19.8 Å². The number of nitrogens with one attached hydrogen (secondary N) is 1. The molecule has 0 aliphatic rings. The van der Waals surface area contributed by atoms with Gasteiger partial charge in [-0.3, -0.25) is 10.1 Å². The molecule has 0 atom stereocenters. The van der Waals surface area contributed by atoms with Gasteiger partial charge in [-0.2, -0.15) is 0 Å². The molecule has 96 valence electrons. The molecule has 0 spiro atoms. The second-order valence-corrected chi connectivity index (χ2v) is 7.31. The zero-order valence-electron chi connectivity index (χ0n) is 9.03. The zero-order chi connectivity index (χ0) is 13.2. The van der Waals surface area contributed by atoms with Crippen LogP contribution in [0.25, 0.3) is 9.88 Å². The van der Waals surface area contributed by atoms with Crippen molar-refractivity contribution in [3.8, 4) is 9.88 Å². The predicted octanol–water partition coefficient (Wildman–Crippen LogP) is 3.13. The van der Waals surface area contributed by atoms with E-state index in [-0.39, 0.29) is 11.6 Å². The van der Waals surface area contributed by atoms with Crippen molar-refractivity contribution in [2.45, 2.75) is 0 Å². The Hall–Kier alpha value is -1.23. The van der Waals surface area contributed by atoms with E-state index in [1.54, 1.807) is 16.7 Å². The molecular weight excluding hydrogens is 370 g/mol. The van der Waals surface area contributed by atoms with Crippen LogP contribution in [0.5, 0.6) is 0 Å². The molecule has 0 fully saturated rings. The second kappa shape index (κ2) is 5.41. The maximum atomic E-state index is 11.8. The first kappa shape index (κ1) is 12.8. The van der Waals surface area contributed by atoms with Gasteiger partial charge in [0.25, 0.3) is 5.91 Å². The van der Waals surface area contributed by atoms with E-state index in [1.165, 1.54) is 11.3 Å². The van der Waals surface area contributed by atoms with Crippen LogP contribution in [0, 0.1) is 0 Å². The lowest BCUT2D eigenvalue weighted by atomic mass is 10.5. The Bertz CT molecular complexity index is 707. The number of amides is 1. The van der Waals surface area contributed by atoms with Gasteiger partial charge in [0.05, 0.1) is 8.66 Å². The van der Waals surface area contributed by atoms with Crippen molar-refractivity contribution in [3.05, 3.63) is 27.0 Å². The highest BCUT2D eigenvalue weighted by Gasteiger charge is 2.13. The van der Waals surface area contributed by atoms with Crippen molar-refractivity contribution in [1.29, 1.82) is 0 Å². The standard InChI is InChI=1S/C9H4BrN5OS3/c10-6-2-1-5(18-6)8-13-14-9(19-8)11-7(16)4-3-17-15-12-4/h1-3H,(H,11,14,16). The summed E-state index contributed by atoms with van der Waals surface area (Å²) >= 11 is 7.40. The summed E-state index contributed by atoms with van der Waals surface area (Å²) in [4.78, 5) is 12.8. The summed E-state index contributed by atoms with van der Waals surface area (Å²) in [7, 11) is 0. The molecule has 0 aliphatic carbocycles. The Morgan fingerprint density at radius 2 is 2.11 bits per heavy atom. The average Bonchev–Trinajstić information content (AvgIpc) is 3.07. The Balaban J connectivity index is 1.77. The van der Waals surface area contributed by atoms with Gasteiger partial charge in [-0.05, 0) is 39.6 Å². The fraction of sp³-hybridized carbons (Fsp3) is 0. The number of nitrogens with zero attached hydrogens (tertiary/aromatic N) is 4. The molecule has 0 aromatic carbocycles. The predicted molar refractivity (Wildman–Crippen MR) is 78.8 cm³/mol. The van der Waals surface area contributed by atoms with E-state index < -0.39 is 0 Å². The lowest BCUT2D eigenvalue weighted by molar-refractivity contribution is 0.102. The third-order valence-electron chi connectivity index (χ3n) is 2.02. The summed E-state index contributed by atoms with van der Waals surface area (Å²) in [6.07, 6.45) is 0. The van der Waals surface area contributed by atoms with Crippen LogP contribution < -0.4 is 5.32 Å². The molecule has 0 unspecified atom stereocenters. The molecule has 3 heterocycles. The number of rotatable bonds is 3. The second-order valence-electron chi connectivity index (χ2n) is 3.26. The third kappa shape index (κ3) is 2.86. The van der Waals surface area contributed by atoms with Crippen LogP contribution in [0.2, 0.25) is 0 Å². The molecule has 3 rings (SSSR count). The number of carbonyl (C=O) groups excluding carboxylic acids is 1. The first-order valence-corrected chi connectivity index (χ1v) is 8.16. The number of thiophene rings is 1. The SMILES string of the molecule is O=C(Nc1nnc(-c2ccc(Br)s2)s1)c1csnn1. The molecule has 6 nitrogen and oxygen atoms in total. The van der Waals surface area contributed by atoms with Crippen molar-refractivity contribution in [3.63, 3.8) is 0 Å². The Morgan fingerprint density at radius 3 is 2.79 bits per heavy atom. The van der Waals surface area contributed by atoms with E-state index in [1.807, 2.05) is 12.1 Å². The van der Waals surface area contributed by atoms with Crippen LogP contribution >= 0.6 is 50.1 Å². The van der Waals surface area contributed by atoms with E-state index >= 15 is 0 Å². The molecule has 3 aromatic heterocycles. The number of aromatic nitrogens is 4. The lowest BCUT2D eigenvalue weighted by Gasteiger charge is -1.94. The first-order chi connectivity index (χ1) is 9.22. The minimum atomic E-state index is -0.330. The molecule has 0 aliphatic heterocycles. The minimum Gasteiger partial charge on any atom is -0.295 e. The quantitative estimate of drug-likeness (QED) is 0.762. The third-order valence-corrected chi connectivity index (χ3v) is 5.16. The number of hydrogen-bond acceptors (Lipinski definition) is 8. The summed E-state index contributed by atoms with van der Waals surface area (Å²) in [5, 5.41) is 17.1. The average molecular weight is 374 g/mol. The van der Waals surface area contributed by atoms with Gasteiger partial charge >= 0.3 is 0 Å². The maximum Gasteiger partial charge on any atom is 0.278 e. The minimum absolute atomic E-state index is 0.278. The molecule has 10 heteroatoms. The zero-order valence-corrected chi connectivity index (χ0v) is 13.1. The van der Waals surface area contributed by atoms with Crippen LogP contribution in [0.1, 0.15) is 10.5 Å². The molecule has 3 aromatic rings. The van der Waals surface area contributed by atoms with E-state index in [9.17, 15) is 4.79 Å². The summed E-state index contributed by atoms with van der Waals surface area (Å²) in [5.74, 6) is -0.330. The topological polar surface area (TPSA) is 80.7 Å². The fourth-order valence-corrected chi connectivity index (χ4v) is 3.84. The largest absolute Gasteiger partial charge is 0.295 e. The summed E-state index contributed by atoms with van der Waals surface area (Å²) in [5.41, 5.74) is 0.278. The highest BCUT2D eigenvalue weighted by molar-refractivity contribution is 9.11. The van der Waals surface area contributed by atoms with Gasteiger partial charge < -0.3 is 0 Å². The summed E-state index contributed by atoms with van der Waals surface area (Å²) < 4.78 is 4.66. The van der Waals surface area contributed by atoms with E-state index in [0.717, 1.165) is 25.2 Å². The van der Waals surface area contributed by atoms with E-state index in [0.29, 0.717) is 5.13 Å². The fourth-order valence-electron chi connectivity index (χ4n) is 1.23. The number of hydrogen-bond donors (Lipinski definition) is 1. The Kier molecular flexibility index (Phi) is 3.64. The van der Waals surface area contributed by atoms with Gasteiger partial charge in [-0.25, -0.2) is 0 Å². The molecule has 0 bridgehead atoms. The maximum absolute atomic E-state index is 11.8. The van der Waals surface area contributed by atoms with Crippen LogP contribution in [-0.4, -0.2) is 25.7 Å². The number of anilines is 1. The smallest absolute Gasteiger partial charge is 0.278 e. The molecule has 0 saturated heterocycles. The first-order valence-electron chi connectivity index (χ1n) is 4.90. The lowest BCUT2D eigenvalue weighted by Crippen LogP contribution is -2.12. The van der Waals surface area contributed by atoms with Crippen molar-refractivity contribution >= 4 is 61.2 Å². The highest BCUT2D eigenvalue weighted by Crippen LogP contribution is 2.34. The van der Waals surface area contributed by atoms with Gasteiger partial charge in [0.1, 0.15) is 0 Å². The van der Waals surface area contributed by atoms with Crippen molar-refractivity contribution < 1.29 is 4.79 Å². The van der Waals surface area contributed by atoms with Crippen LogP contribution in [0.15, 0.2) is 21.3 Å². The van der Waals surface area contributed by atoms with Crippen LogP contribution in [0.4, 0.5) is 5.13 Å². The number of halogens is 1. The Morgan fingerprint density at radius 1 is 1.21 bits per heavy atom. The van der Waals surface area contributed by atoms with Crippen LogP contribution in [0.3, 0.4) is 0 Å². The number of carbonyl (C=O) groups is 1. The summed E-state index contributed by atoms with van der Waals surface area (Å²) in [6, 6.07) is 3.89. The summed E-state index contributed by atoms with van der Waals surface area (Å²) in [6.45, 7) is 0. The van der Waals surface area contributed by atoms with Crippen LogP contribution in [-0.2, 0) is 0 Å². The van der Waals surface area contributed by atoms with E-state index in [4.69, 9.17) is 0 Å². The molecular formula is C9H4BrN5OS3. The van der Waals surface area contributed by atoms with E-state index in [2.05, 4.69) is 41.0 Å². The van der Waals surface area contributed by atoms with Gasteiger partial charge in [-0.15, -0.1) is 26.6 Å². The monoisotopic (exact) mass is 373 g/mol. The van der Waals surface area contributed by atoms with Gasteiger partial charge in [-0.1, -0.05) is 15.8 Å². The van der Waals surface area contributed by atoms with Gasteiger partial charge in [0, 0.05) is 5.38 Å².